The fourth-order valence-electron chi connectivity index (χ4n) is 1.68. The molecule has 3 aromatic rings. The Morgan fingerprint density at radius 3 is 2.09 bits per heavy atom. The van der Waals surface area contributed by atoms with Crippen LogP contribution < -0.4 is 0 Å². The number of Topliss-reactive ketones (excluding diaryl/α,β-unsaturated/α-hetero) is 1. The number of benzene rings is 1. The third-order valence-electron chi connectivity index (χ3n) is 2.88. The molecule has 0 aliphatic heterocycles. The van der Waals surface area contributed by atoms with Crippen molar-refractivity contribution in [1.29, 1.82) is 0 Å². The quantitative estimate of drug-likeness (QED) is 0.696. The Morgan fingerprint density at radius 2 is 1.61 bits per heavy atom. The van der Waals surface area contributed by atoms with E-state index >= 15 is 0 Å². The summed E-state index contributed by atoms with van der Waals surface area (Å²) in [5, 5.41) is 0. The fourth-order valence-corrected chi connectivity index (χ4v) is 1.68. The first-order valence-electron chi connectivity index (χ1n) is 6.91. The van der Waals surface area contributed by atoms with E-state index in [0.717, 1.165) is 5.69 Å². The molecule has 0 fully saturated rings. The van der Waals surface area contributed by atoms with Crippen LogP contribution in [0.4, 0.5) is 4.39 Å². The zero-order valence-electron chi connectivity index (χ0n) is 12.6. The molecule has 23 heavy (non-hydrogen) atoms. The van der Waals surface area contributed by atoms with Crippen molar-refractivity contribution in [2.24, 2.45) is 0 Å². The Balaban J connectivity index is 0.000000229. The molecular formula is C17H15FN4O. The summed E-state index contributed by atoms with van der Waals surface area (Å²) in [6.07, 6.45) is 6.44. The monoisotopic (exact) mass is 310 g/mol. The number of aryl methyl sites for hydroxylation is 1. The number of carbonyl (C=O) groups is 1. The molecule has 0 unspecified atom stereocenters. The smallest absolute Gasteiger partial charge is 0.168 e. The largest absolute Gasteiger partial charge is 0.294 e. The molecule has 116 valence electrons. The first-order chi connectivity index (χ1) is 11.1. The van der Waals surface area contributed by atoms with Crippen LogP contribution in [0, 0.1) is 12.7 Å². The Bertz CT molecular complexity index is 734. The molecule has 0 saturated carbocycles. The number of carbonyl (C=O) groups excluding carboxylic acids is 1. The Labute approximate surface area is 133 Å². The summed E-state index contributed by atoms with van der Waals surface area (Å²) in [4.78, 5) is 27.1. The molecule has 0 saturated heterocycles. The van der Waals surface area contributed by atoms with Gasteiger partial charge < -0.3 is 0 Å². The molecule has 2 heterocycles. The Kier molecular flexibility index (Phi) is 5.99. The van der Waals surface area contributed by atoms with Gasteiger partial charge in [0.05, 0.1) is 12.1 Å². The average Bonchev–Trinajstić information content (AvgIpc) is 2.57. The molecule has 5 nitrogen and oxygen atoms in total. The van der Waals surface area contributed by atoms with E-state index in [4.69, 9.17) is 0 Å². The van der Waals surface area contributed by atoms with E-state index in [2.05, 4.69) is 19.9 Å². The SMILES string of the molecule is Cc1ccncn1.O=C(Cc1ccncn1)c1ccc(F)cc1. The molecular weight excluding hydrogens is 295 g/mol. The maximum absolute atomic E-state index is 12.6. The van der Waals surface area contributed by atoms with Gasteiger partial charge in [-0.05, 0) is 43.3 Å². The summed E-state index contributed by atoms with van der Waals surface area (Å²) in [6, 6.07) is 9.03. The van der Waals surface area contributed by atoms with Crippen molar-refractivity contribution in [3.05, 3.63) is 84.2 Å². The molecule has 0 atom stereocenters. The molecule has 0 aliphatic carbocycles. The fraction of sp³-hybridized carbons (Fsp3) is 0.118. The van der Waals surface area contributed by atoms with Crippen LogP contribution in [0.3, 0.4) is 0 Å². The maximum Gasteiger partial charge on any atom is 0.168 e. The summed E-state index contributed by atoms with van der Waals surface area (Å²) in [5.74, 6) is -0.433. The highest BCUT2D eigenvalue weighted by Gasteiger charge is 2.07. The van der Waals surface area contributed by atoms with Crippen molar-refractivity contribution < 1.29 is 9.18 Å². The summed E-state index contributed by atoms with van der Waals surface area (Å²) in [5.41, 5.74) is 2.15. The number of rotatable bonds is 3. The van der Waals surface area contributed by atoms with E-state index in [1.54, 1.807) is 18.5 Å². The van der Waals surface area contributed by atoms with E-state index in [9.17, 15) is 9.18 Å². The van der Waals surface area contributed by atoms with Crippen molar-refractivity contribution in [2.45, 2.75) is 13.3 Å². The predicted octanol–water partition coefficient (Wildman–Crippen LogP) is 2.83. The molecule has 0 radical (unpaired) electrons. The number of aromatic nitrogens is 4. The minimum absolute atomic E-state index is 0.0845. The van der Waals surface area contributed by atoms with Crippen LogP contribution in [-0.4, -0.2) is 25.7 Å². The summed E-state index contributed by atoms with van der Waals surface area (Å²) < 4.78 is 12.6. The predicted molar refractivity (Wildman–Crippen MR) is 83.2 cm³/mol. The van der Waals surface area contributed by atoms with Gasteiger partial charge in [-0.2, -0.15) is 0 Å². The van der Waals surface area contributed by atoms with Gasteiger partial charge in [-0.3, -0.25) is 4.79 Å². The Morgan fingerprint density at radius 1 is 0.957 bits per heavy atom. The maximum atomic E-state index is 12.6. The highest BCUT2D eigenvalue weighted by atomic mass is 19.1. The van der Waals surface area contributed by atoms with Gasteiger partial charge in [0, 0.05) is 23.7 Å². The lowest BCUT2D eigenvalue weighted by atomic mass is 10.1. The number of ketones is 1. The van der Waals surface area contributed by atoms with Gasteiger partial charge >= 0.3 is 0 Å². The van der Waals surface area contributed by atoms with E-state index in [1.807, 2.05) is 13.0 Å². The molecule has 0 aliphatic rings. The highest BCUT2D eigenvalue weighted by Crippen LogP contribution is 2.06. The van der Waals surface area contributed by atoms with E-state index in [1.165, 1.54) is 36.9 Å². The van der Waals surface area contributed by atoms with E-state index in [-0.39, 0.29) is 18.0 Å². The first kappa shape index (κ1) is 16.4. The minimum Gasteiger partial charge on any atom is -0.294 e. The van der Waals surface area contributed by atoms with Crippen molar-refractivity contribution in [3.8, 4) is 0 Å². The molecule has 0 N–H and O–H groups in total. The normalized spacial score (nSPS) is 9.65. The zero-order chi connectivity index (χ0) is 16.5. The van der Waals surface area contributed by atoms with Gasteiger partial charge in [0.1, 0.15) is 18.5 Å². The van der Waals surface area contributed by atoms with Gasteiger partial charge in [0.2, 0.25) is 0 Å². The number of hydrogen-bond donors (Lipinski definition) is 0. The van der Waals surface area contributed by atoms with E-state index in [0.29, 0.717) is 11.3 Å². The topological polar surface area (TPSA) is 68.6 Å². The van der Waals surface area contributed by atoms with E-state index < -0.39 is 0 Å². The van der Waals surface area contributed by atoms with Crippen LogP contribution in [-0.2, 0) is 6.42 Å². The second kappa shape index (κ2) is 8.43. The van der Waals surface area contributed by atoms with Crippen LogP contribution >= 0.6 is 0 Å². The molecule has 6 heteroatoms. The zero-order valence-corrected chi connectivity index (χ0v) is 12.6. The van der Waals surface area contributed by atoms with Gasteiger partial charge in [-0.25, -0.2) is 24.3 Å². The van der Waals surface area contributed by atoms with Crippen LogP contribution in [0.15, 0.2) is 61.4 Å². The van der Waals surface area contributed by atoms with Gasteiger partial charge in [0.25, 0.3) is 0 Å². The number of halogens is 1. The summed E-state index contributed by atoms with van der Waals surface area (Å²) in [7, 11) is 0. The second-order valence-electron chi connectivity index (χ2n) is 4.66. The van der Waals surface area contributed by atoms with Gasteiger partial charge in [-0.15, -0.1) is 0 Å². The molecule has 0 spiro atoms. The van der Waals surface area contributed by atoms with Crippen LogP contribution in [0.25, 0.3) is 0 Å². The van der Waals surface area contributed by atoms with Crippen molar-refractivity contribution in [1.82, 2.24) is 19.9 Å². The lowest BCUT2D eigenvalue weighted by Gasteiger charge is -2.00. The average molecular weight is 310 g/mol. The van der Waals surface area contributed by atoms with Crippen molar-refractivity contribution in [3.63, 3.8) is 0 Å². The number of nitrogens with zero attached hydrogens (tertiary/aromatic N) is 4. The third kappa shape index (κ3) is 5.70. The highest BCUT2D eigenvalue weighted by molar-refractivity contribution is 5.97. The van der Waals surface area contributed by atoms with Crippen molar-refractivity contribution in [2.75, 3.05) is 0 Å². The standard InChI is InChI=1S/C12H9FN2O.C5H6N2/c13-10-3-1-9(2-4-10)12(16)7-11-5-6-14-8-15-11;1-5-2-3-6-4-7-5/h1-6,8H,7H2;2-4H,1H3. The summed E-state index contributed by atoms with van der Waals surface area (Å²) >= 11 is 0. The minimum atomic E-state index is -0.349. The third-order valence-corrected chi connectivity index (χ3v) is 2.88. The Hall–Kier alpha value is -3.02. The molecule has 2 aromatic heterocycles. The van der Waals surface area contributed by atoms with Crippen LogP contribution in [0.2, 0.25) is 0 Å². The lowest BCUT2D eigenvalue weighted by Crippen LogP contribution is -2.05. The van der Waals surface area contributed by atoms with Crippen molar-refractivity contribution >= 4 is 5.78 Å². The van der Waals surface area contributed by atoms with Gasteiger partial charge in [0.15, 0.2) is 5.78 Å². The molecule has 3 rings (SSSR count). The lowest BCUT2D eigenvalue weighted by molar-refractivity contribution is 0.0992. The molecule has 1 aromatic carbocycles. The number of hydrogen-bond acceptors (Lipinski definition) is 5. The van der Waals surface area contributed by atoms with Crippen LogP contribution in [0.1, 0.15) is 21.7 Å². The van der Waals surface area contributed by atoms with Crippen LogP contribution in [0.5, 0.6) is 0 Å². The summed E-state index contributed by atoms with van der Waals surface area (Å²) in [6.45, 7) is 1.93. The van der Waals surface area contributed by atoms with Gasteiger partial charge in [-0.1, -0.05) is 0 Å². The molecule has 0 amide bonds. The second-order valence-corrected chi connectivity index (χ2v) is 4.66. The first-order valence-corrected chi connectivity index (χ1v) is 6.91. The molecule has 0 bridgehead atoms.